The second-order valence-corrected chi connectivity index (χ2v) is 2.67. The van der Waals surface area contributed by atoms with Crippen molar-refractivity contribution in [2.24, 2.45) is 0 Å². The molecule has 6 nitrogen and oxygen atoms in total. The first-order valence-electron chi connectivity index (χ1n) is 4.11. The molecule has 0 saturated carbocycles. The van der Waals surface area contributed by atoms with Gasteiger partial charge in [-0.25, -0.2) is 14.3 Å². The third-order valence-electron chi connectivity index (χ3n) is 1.76. The molecule has 1 heterocycles. The fourth-order valence-electron chi connectivity index (χ4n) is 1.13. The minimum absolute atomic E-state index is 0.324. The van der Waals surface area contributed by atoms with Crippen LogP contribution in [0.4, 0.5) is 4.39 Å². The molecule has 1 aromatic heterocycles. The quantitative estimate of drug-likeness (QED) is 0.788. The van der Waals surface area contributed by atoms with E-state index in [2.05, 4.69) is 20.3 Å². The van der Waals surface area contributed by atoms with Crippen molar-refractivity contribution in [2.75, 3.05) is 6.86 Å². The Labute approximate surface area is 83.3 Å². The summed E-state index contributed by atoms with van der Waals surface area (Å²) in [6.45, 7) is -0.919. The highest BCUT2D eigenvalue weighted by Crippen LogP contribution is 2.14. The number of aromatic amines is 1. The maximum absolute atomic E-state index is 11.9. The summed E-state index contributed by atoms with van der Waals surface area (Å²) >= 11 is 0. The van der Waals surface area contributed by atoms with Crippen molar-refractivity contribution in [1.29, 1.82) is 0 Å². The summed E-state index contributed by atoms with van der Waals surface area (Å²) in [6.07, 6.45) is 0. The zero-order valence-electron chi connectivity index (χ0n) is 7.55. The monoisotopic (exact) mass is 210 g/mol. The van der Waals surface area contributed by atoms with E-state index in [0.717, 1.165) is 4.68 Å². The molecule has 1 N–H and O–H groups in total. The third-order valence-corrected chi connectivity index (χ3v) is 1.76. The third kappa shape index (κ3) is 1.85. The molecule has 2 rings (SSSR count). The van der Waals surface area contributed by atoms with Gasteiger partial charge in [0.2, 0.25) is 6.86 Å². The number of nitrogens with zero attached hydrogens (tertiary/aromatic N) is 3. The van der Waals surface area contributed by atoms with Crippen LogP contribution in [0.15, 0.2) is 29.1 Å². The molecular formula is C8H7FN4O2. The van der Waals surface area contributed by atoms with E-state index < -0.39 is 12.6 Å². The van der Waals surface area contributed by atoms with Gasteiger partial charge in [-0.3, -0.25) is 0 Å². The lowest BCUT2D eigenvalue weighted by molar-refractivity contribution is 0.191. The number of tetrazole rings is 1. The highest BCUT2D eigenvalue weighted by atomic mass is 19.1. The fraction of sp³-hybridized carbons (Fsp3) is 0.125. The normalized spacial score (nSPS) is 10.2. The molecule has 0 fully saturated rings. The molecule has 78 valence electrons. The van der Waals surface area contributed by atoms with Crippen molar-refractivity contribution in [3.05, 3.63) is 34.7 Å². The molecule has 0 aliphatic carbocycles. The van der Waals surface area contributed by atoms with Gasteiger partial charge in [-0.1, -0.05) is 6.07 Å². The Kier molecular flexibility index (Phi) is 2.44. The summed E-state index contributed by atoms with van der Waals surface area (Å²) in [5.41, 5.74) is -0.00732. The molecule has 0 aliphatic rings. The number of aromatic nitrogens is 4. The molecule has 0 bridgehead atoms. The molecule has 15 heavy (non-hydrogen) atoms. The average molecular weight is 210 g/mol. The molecule has 0 radical (unpaired) electrons. The van der Waals surface area contributed by atoms with Crippen LogP contribution in [0.3, 0.4) is 0 Å². The van der Waals surface area contributed by atoms with E-state index in [1.165, 1.54) is 6.07 Å². The molecule has 7 heteroatoms. The summed E-state index contributed by atoms with van der Waals surface area (Å²) in [5.74, 6) is 0.324. The van der Waals surface area contributed by atoms with Crippen LogP contribution in [-0.2, 0) is 0 Å². The van der Waals surface area contributed by atoms with E-state index in [1.54, 1.807) is 18.2 Å². The maximum Gasteiger partial charge on any atom is 0.365 e. The van der Waals surface area contributed by atoms with Crippen LogP contribution in [0, 0.1) is 0 Å². The zero-order chi connectivity index (χ0) is 10.7. The summed E-state index contributed by atoms with van der Waals surface area (Å²) < 4.78 is 17.6. The Morgan fingerprint density at radius 3 is 3.07 bits per heavy atom. The van der Waals surface area contributed by atoms with Crippen molar-refractivity contribution in [1.82, 2.24) is 20.2 Å². The second kappa shape index (κ2) is 3.91. The number of hydrogen-bond acceptors (Lipinski definition) is 4. The Bertz CT molecular complexity index is 507. The molecule has 0 atom stereocenters. The Balaban J connectivity index is 2.41. The summed E-state index contributed by atoms with van der Waals surface area (Å²) in [6, 6.07) is 6.33. The Morgan fingerprint density at radius 2 is 2.40 bits per heavy atom. The summed E-state index contributed by atoms with van der Waals surface area (Å²) in [5, 5.41) is 9.02. The fourth-order valence-corrected chi connectivity index (χ4v) is 1.13. The van der Waals surface area contributed by atoms with E-state index in [4.69, 9.17) is 0 Å². The maximum atomic E-state index is 11.9. The van der Waals surface area contributed by atoms with E-state index in [9.17, 15) is 9.18 Å². The van der Waals surface area contributed by atoms with Gasteiger partial charge in [0.1, 0.15) is 5.75 Å². The van der Waals surface area contributed by atoms with E-state index in [0.29, 0.717) is 11.4 Å². The highest BCUT2D eigenvalue weighted by molar-refractivity contribution is 5.37. The van der Waals surface area contributed by atoms with Crippen LogP contribution in [0.5, 0.6) is 5.75 Å². The van der Waals surface area contributed by atoms with Crippen LogP contribution < -0.4 is 10.4 Å². The van der Waals surface area contributed by atoms with Gasteiger partial charge >= 0.3 is 5.69 Å². The molecule has 0 amide bonds. The molecule has 0 unspecified atom stereocenters. The number of hydrogen-bond donors (Lipinski definition) is 1. The summed E-state index contributed by atoms with van der Waals surface area (Å²) in [4.78, 5) is 11.2. The van der Waals surface area contributed by atoms with Crippen LogP contribution in [0.1, 0.15) is 0 Å². The number of alkyl halides is 1. The van der Waals surface area contributed by atoms with Gasteiger partial charge in [0.15, 0.2) is 0 Å². The van der Waals surface area contributed by atoms with Crippen molar-refractivity contribution in [3.8, 4) is 11.4 Å². The van der Waals surface area contributed by atoms with E-state index in [1.807, 2.05) is 0 Å². The zero-order valence-corrected chi connectivity index (χ0v) is 7.55. The molecular weight excluding hydrogens is 203 g/mol. The lowest BCUT2D eigenvalue weighted by Gasteiger charge is -2.02. The largest absolute Gasteiger partial charge is 0.463 e. The van der Waals surface area contributed by atoms with Gasteiger partial charge in [0, 0.05) is 6.07 Å². The first kappa shape index (κ1) is 9.38. The Morgan fingerprint density at radius 1 is 1.53 bits per heavy atom. The van der Waals surface area contributed by atoms with Gasteiger partial charge in [0.25, 0.3) is 0 Å². The van der Waals surface area contributed by atoms with Gasteiger partial charge in [-0.2, -0.15) is 4.68 Å². The van der Waals surface area contributed by atoms with Gasteiger partial charge < -0.3 is 4.74 Å². The minimum Gasteiger partial charge on any atom is -0.463 e. The van der Waals surface area contributed by atoms with E-state index >= 15 is 0 Å². The average Bonchev–Trinajstić information content (AvgIpc) is 2.65. The first-order valence-corrected chi connectivity index (χ1v) is 4.11. The second-order valence-electron chi connectivity index (χ2n) is 2.67. The lowest BCUT2D eigenvalue weighted by atomic mass is 10.3. The minimum atomic E-state index is -0.919. The number of benzene rings is 1. The predicted octanol–water partition coefficient (Wildman–Crippen LogP) is 0.261. The number of nitrogens with one attached hydrogen (secondary N) is 1. The van der Waals surface area contributed by atoms with Crippen LogP contribution in [0.2, 0.25) is 0 Å². The standard InChI is InChI=1S/C8H7FN4O2/c9-5-15-7-3-1-2-6(4-7)13-8(14)10-11-12-13/h1-4H,5H2,(H,10,12,14). The topological polar surface area (TPSA) is 72.8 Å². The number of H-pyrrole nitrogens is 1. The molecule has 1 aromatic carbocycles. The van der Waals surface area contributed by atoms with Crippen molar-refractivity contribution < 1.29 is 9.13 Å². The van der Waals surface area contributed by atoms with Crippen molar-refractivity contribution in [3.63, 3.8) is 0 Å². The van der Waals surface area contributed by atoms with Gasteiger partial charge in [-0.15, -0.1) is 0 Å². The molecule has 0 saturated heterocycles. The highest BCUT2D eigenvalue weighted by Gasteiger charge is 2.03. The van der Waals surface area contributed by atoms with Crippen LogP contribution in [0.25, 0.3) is 5.69 Å². The van der Waals surface area contributed by atoms with Crippen molar-refractivity contribution in [2.45, 2.75) is 0 Å². The molecule has 0 aliphatic heterocycles. The number of rotatable bonds is 3. The van der Waals surface area contributed by atoms with Gasteiger partial charge in [0.05, 0.1) is 5.69 Å². The lowest BCUT2D eigenvalue weighted by Crippen LogP contribution is -2.15. The van der Waals surface area contributed by atoms with Gasteiger partial charge in [-0.05, 0) is 22.6 Å². The predicted molar refractivity (Wildman–Crippen MR) is 48.6 cm³/mol. The SMILES string of the molecule is O=c1[nH]nnn1-c1cccc(OCF)c1. The smallest absolute Gasteiger partial charge is 0.365 e. The first-order chi connectivity index (χ1) is 7.31. The number of ether oxygens (including phenoxy) is 1. The molecule has 2 aromatic rings. The molecule has 0 spiro atoms. The van der Waals surface area contributed by atoms with Crippen LogP contribution >= 0.6 is 0 Å². The van der Waals surface area contributed by atoms with Crippen LogP contribution in [-0.4, -0.2) is 27.1 Å². The number of halogens is 1. The van der Waals surface area contributed by atoms with E-state index in [-0.39, 0.29) is 0 Å². The summed E-state index contributed by atoms with van der Waals surface area (Å²) in [7, 11) is 0. The van der Waals surface area contributed by atoms with Crippen molar-refractivity contribution >= 4 is 0 Å². The Hall–Kier alpha value is -2.18.